The number of amides is 1. The average molecular weight is 439 g/mol. The zero-order valence-electron chi connectivity index (χ0n) is 16.7. The number of aromatic nitrogens is 2. The molecule has 1 aliphatic carbocycles. The van der Waals surface area contributed by atoms with Gasteiger partial charge in [0.15, 0.2) is 0 Å². The van der Waals surface area contributed by atoms with Crippen molar-refractivity contribution in [1.29, 1.82) is 0 Å². The Balaban J connectivity index is 0.00000150. The monoisotopic (exact) mass is 438 g/mol. The number of carbonyl (C=O) groups excluding carboxylic acids is 1. The number of anilines is 3. The lowest BCUT2D eigenvalue weighted by Crippen LogP contribution is -2.51. The predicted octanol–water partition coefficient (Wildman–Crippen LogP) is 2.58. The summed E-state index contributed by atoms with van der Waals surface area (Å²) >= 11 is 0. The highest BCUT2D eigenvalue weighted by Gasteiger charge is 2.31. The standard InChI is InChI=1S/C20H26N6O.2ClH/c1-12-5-13(2)7-16(6-12)26-4-3-25(11-19(26)27)18-10-17(23-20(22)24-18)14-8-15(21)9-14;;/h5-7,10,14-15H,3-4,8-9,11,21H2,1-2H3,(H2,22,23,24);2*1H. The quantitative estimate of drug-likeness (QED) is 0.763. The molecule has 1 amide bonds. The van der Waals surface area contributed by atoms with Gasteiger partial charge in [0.05, 0.1) is 12.2 Å². The summed E-state index contributed by atoms with van der Waals surface area (Å²) in [5.41, 5.74) is 16.0. The van der Waals surface area contributed by atoms with Crippen LogP contribution in [0.2, 0.25) is 0 Å². The first-order valence-electron chi connectivity index (χ1n) is 9.42. The highest BCUT2D eigenvalue weighted by atomic mass is 35.5. The molecule has 4 N–H and O–H groups in total. The Labute approximate surface area is 183 Å². The second kappa shape index (κ2) is 9.15. The molecule has 9 heteroatoms. The zero-order chi connectivity index (χ0) is 19.1. The lowest BCUT2D eigenvalue weighted by atomic mass is 9.78. The van der Waals surface area contributed by atoms with Crippen LogP contribution < -0.4 is 21.3 Å². The molecule has 4 rings (SSSR count). The van der Waals surface area contributed by atoms with Gasteiger partial charge in [-0.2, -0.15) is 4.98 Å². The molecule has 0 bridgehead atoms. The molecule has 2 heterocycles. The second-order valence-corrected chi connectivity index (χ2v) is 7.75. The Kier molecular flexibility index (Phi) is 7.32. The van der Waals surface area contributed by atoms with Gasteiger partial charge in [-0.1, -0.05) is 6.07 Å². The molecule has 0 unspecified atom stereocenters. The van der Waals surface area contributed by atoms with Gasteiger partial charge in [-0.15, -0.1) is 24.8 Å². The fraction of sp³-hybridized carbons (Fsp3) is 0.450. The van der Waals surface area contributed by atoms with Crippen LogP contribution in [0.4, 0.5) is 17.5 Å². The highest BCUT2D eigenvalue weighted by molar-refractivity contribution is 5.97. The van der Waals surface area contributed by atoms with Crippen LogP contribution in [0.1, 0.15) is 35.6 Å². The van der Waals surface area contributed by atoms with Crippen molar-refractivity contribution in [3.63, 3.8) is 0 Å². The van der Waals surface area contributed by atoms with Gasteiger partial charge < -0.3 is 21.3 Å². The second-order valence-electron chi connectivity index (χ2n) is 7.75. The van der Waals surface area contributed by atoms with Gasteiger partial charge in [-0.05, 0) is 49.9 Å². The van der Waals surface area contributed by atoms with Crippen molar-refractivity contribution in [3.8, 4) is 0 Å². The molecule has 0 atom stereocenters. The SMILES string of the molecule is Cc1cc(C)cc(N2CCN(c3cc(C4CC(N)C4)nc(N)n3)CC2=O)c1.Cl.Cl. The molecule has 1 aliphatic heterocycles. The highest BCUT2D eigenvalue weighted by Crippen LogP contribution is 2.36. The van der Waals surface area contributed by atoms with Gasteiger partial charge in [0.1, 0.15) is 5.82 Å². The third-order valence-corrected chi connectivity index (χ3v) is 5.41. The topological polar surface area (TPSA) is 101 Å². The molecule has 1 aromatic heterocycles. The van der Waals surface area contributed by atoms with Crippen LogP contribution in [0.5, 0.6) is 0 Å². The van der Waals surface area contributed by atoms with Crippen LogP contribution in [0.15, 0.2) is 24.3 Å². The number of aryl methyl sites for hydroxylation is 2. The number of carbonyl (C=O) groups is 1. The summed E-state index contributed by atoms with van der Waals surface area (Å²) in [7, 11) is 0. The van der Waals surface area contributed by atoms with E-state index in [9.17, 15) is 4.79 Å². The van der Waals surface area contributed by atoms with E-state index in [0.29, 0.717) is 19.0 Å². The normalized spacial score (nSPS) is 21.1. The van der Waals surface area contributed by atoms with E-state index in [1.165, 1.54) is 0 Å². The number of benzene rings is 1. The summed E-state index contributed by atoms with van der Waals surface area (Å²) in [6.07, 6.45) is 1.85. The Bertz CT molecular complexity index is 867. The van der Waals surface area contributed by atoms with Crippen molar-refractivity contribution < 1.29 is 4.79 Å². The van der Waals surface area contributed by atoms with Crippen LogP contribution in [0, 0.1) is 13.8 Å². The van der Waals surface area contributed by atoms with Crippen molar-refractivity contribution >= 4 is 48.2 Å². The maximum Gasteiger partial charge on any atom is 0.246 e. The van der Waals surface area contributed by atoms with Crippen molar-refractivity contribution in [1.82, 2.24) is 9.97 Å². The van der Waals surface area contributed by atoms with E-state index in [-0.39, 0.29) is 49.3 Å². The minimum Gasteiger partial charge on any atom is -0.368 e. The van der Waals surface area contributed by atoms with Gasteiger partial charge in [-0.25, -0.2) is 4.98 Å². The first-order valence-corrected chi connectivity index (χ1v) is 9.42. The Morgan fingerprint density at radius 1 is 1.00 bits per heavy atom. The van der Waals surface area contributed by atoms with Gasteiger partial charge in [0.2, 0.25) is 11.9 Å². The van der Waals surface area contributed by atoms with Crippen molar-refractivity contribution in [2.24, 2.45) is 5.73 Å². The van der Waals surface area contributed by atoms with Crippen LogP contribution in [-0.2, 0) is 4.79 Å². The summed E-state index contributed by atoms with van der Waals surface area (Å²) in [6, 6.07) is 8.44. The largest absolute Gasteiger partial charge is 0.368 e. The van der Waals surface area contributed by atoms with Gasteiger partial charge in [0.25, 0.3) is 0 Å². The smallest absolute Gasteiger partial charge is 0.246 e. The van der Waals surface area contributed by atoms with E-state index in [2.05, 4.69) is 42.0 Å². The fourth-order valence-electron chi connectivity index (χ4n) is 3.99. The molecule has 2 aliphatic rings. The summed E-state index contributed by atoms with van der Waals surface area (Å²) in [5.74, 6) is 1.39. The molecule has 158 valence electrons. The van der Waals surface area contributed by atoms with Crippen molar-refractivity contribution in [3.05, 3.63) is 41.1 Å². The first-order chi connectivity index (χ1) is 12.9. The maximum absolute atomic E-state index is 12.8. The number of hydrogen-bond acceptors (Lipinski definition) is 6. The molecule has 1 aromatic carbocycles. The van der Waals surface area contributed by atoms with E-state index in [0.717, 1.165) is 41.2 Å². The first kappa shape index (κ1) is 23.2. The van der Waals surface area contributed by atoms with E-state index >= 15 is 0 Å². The molecule has 2 fully saturated rings. The lowest BCUT2D eigenvalue weighted by Gasteiger charge is -2.36. The Morgan fingerprint density at radius 2 is 1.66 bits per heavy atom. The minimum atomic E-state index is 0. The number of nitrogens with two attached hydrogens (primary N) is 2. The average Bonchev–Trinajstić information content (AvgIpc) is 2.57. The van der Waals surface area contributed by atoms with E-state index in [1.54, 1.807) is 0 Å². The Hall–Kier alpha value is -2.09. The number of halogens is 2. The minimum absolute atomic E-state index is 0. The third-order valence-electron chi connectivity index (χ3n) is 5.41. The summed E-state index contributed by atoms with van der Waals surface area (Å²) in [4.78, 5) is 25.4. The number of nitrogens with zero attached hydrogens (tertiary/aromatic N) is 4. The molecule has 0 spiro atoms. The predicted molar refractivity (Wildman–Crippen MR) is 121 cm³/mol. The molecule has 7 nitrogen and oxygen atoms in total. The fourth-order valence-corrected chi connectivity index (χ4v) is 3.99. The van der Waals surface area contributed by atoms with Gasteiger partial charge in [0, 0.05) is 36.8 Å². The number of nitrogen functional groups attached to an aromatic ring is 1. The summed E-state index contributed by atoms with van der Waals surface area (Å²) < 4.78 is 0. The Morgan fingerprint density at radius 3 is 2.24 bits per heavy atom. The molecule has 2 aromatic rings. The van der Waals surface area contributed by atoms with Crippen LogP contribution in [0.25, 0.3) is 0 Å². The van der Waals surface area contributed by atoms with Gasteiger partial charge >= 0.3 is 0 Å². The molecule has 0 radical (unpaired) electrons. The molecule has 1 saturated heterocycles. The van der Waals surface area contributed by atoms with Crippen LogP contribution in [0.3, 0.4) is 0 Å². The number of hydrogen-bond donors (Lipinski definition) is 2. The maximum atomic E-state index is 12.8. The van der Waals surface area contributed by atoms with Crippen molar-refractivity contribution in [2.45, 2.75) is 38.6 Å². The van der Waals surface area contributed by atoms with Crippen LogP contribution in [-0.4, -0.2) is 41.6 Å². The van der Waals surface area contributed by atoms with E-state index in [4.69, 9.17) is 11.5 Å². The lowest BCUT2D eigenvalue weighted by molar-refractivity contribution is -0.117. The van der Waals surface area contributed by atoms with Gasteiger partial charge in [-0.3, -0.25) is 4.79 Å². The number of piperazine rings is 1. The van der Waals surface area contributed by atoms with Crippen molar-refractivity contribution in [2.75, 3.05) is 35.2 Å². The molecular weight excluding hydrogens is 411 g/mol. The molecule has 1 saturated carbocycles. The van der Waals surface area contributed by atoms with E-state index in [1.807, 2.05) is 15.9 Å². The molecule has 29 heavy (non-hydrogen) atoms. The van der Waals surface area contributed by atoms with Crippen LogP contribution >= 0.6 is 24.8 Å². The third kappa shape index (κ3) is 4.91. The summed E-state index contributed by atoms with van der Waals surface area (Å²) in [6.45, 7) is 5.71. The zero-order valence-corrected chi connectivity index (χ0v) is 18.3. The molecular formula is C20H28Cl2N6O. The number of rotatable bonds is 3. The summed E-state index contributed by atoms with van der Waals surface area (Å²) in [5, 5.41) is 0. The van der Waals surface area contributed by atoms with E-state index < -0.39 is 0 Å².